The summed E-state index contributed by atoms with van der Waals surface area (Å²) in [6, 6.07) is 7.74. The Morgan fingerprint density at radius 1 is 0.862 bits per heavy atom. The van der Waals surface area contributed by atoms with Gasteiger partial charge in [0.1, 0.15) is 0 Å². The van der Waals surface area contributed by atoms with E-state index in [9.17, 15) is 9.59 Å². The average molecular weight is 440 g/mol. The SMILES string of the molecule is CCSCCCCCCCCCCC(=O)Nc1ccccc1SCCCC(=O)O. The number of nitrogens with one attached hydrogen (secondary N) is 1. The summed E-state index contributed by atoms with van der Waals surface area (Å²) in [6.07, 6.45) is 11.3. The molecule has 4 nitrogen and oxygen atoms in total. The molecule has 0 saturated heterocycles. The molecule has 0 radical (unpaired) electrons. The van der Waals surface area contributed by atoms with Gasteiger partial charge in [0.05, 0.1) is 5.69 Å². The lowest BCUT2D eigenvalue weighted by molar-refractivity contribution is -0.137. The molecule has 0 spiro atoms. The lowest BCUT2D eigenvalue weighted by atomic mass is 10.1. The molecule has 0 atom stereocenters. The van der Waals surface area contributed by atoms with Crippen LogP contribution in [0, 0.1) is 0 Å². The molecule has 1 aromatic carbocycles. The zero-order valence-corrected chi connectivity index (χ0v) is 19.4. The first-order valence-corrected chi connectivity index (χ1v) is 13.1. The number of para-hydroxylation sites is 1. The molecule has 0 heterocycles. The van der Waals surface area contributed by atoms with Gasteiger partial charge in [-0.2, -0.15) is 11.8 Å². The first-order valence-electron chi connectivity index (χ1n) is 10.9. The number of hydrogen-bond acceptors (Lipinski definition) is 4. The molecule has 0 bridgehead atoms. The molecule has 0 aliphatic rings. The number of hydrogen-bond donors (Lipinski definition) is 2. The summed E-state index contributed by atoms with van der Waals surface area (Å²) in [7, 11) is 0. The number of carbonyl (C=O) groups excluding carboxylic acids is 1. The third-order valence-electron chi connectivity index (χ3n) is 4.60. The number of unbranched alkanes of at least 4 members (excludes halogenated alkanes) is 7. The first kappa shape index (κ1) is 25.9. The molecule has 0 fully saturated rings. The van der Waals surface area contributed by atoms with Crippen LogP contribution in [-0.4, -0.2) is 34.2 Å². The molecular weight excluding hydrogens is 402 g/mol. The topological polar surface area (TPSA) is 66.4 Å². The summed E-state index contributed by atoms with van der Waals surface area (Å²) in [5, 5.41) is 11.7. The third-order valence-corrected chi connectivity index (χ3v) is 6.75. The van der Waals surface area contributed by atoms with Gasteiger partial charge in [-0.25, -0.2) is 0 Å². The van der Waals surface area contributed by atoms with E-state index in [1.54, 1.807) is 11.8 Å². The van der Waals surface area contributed by atoms with E-state index in [4.69, 9.17) is 5.11 Å². The van der Waals surface area contributed by atoms with E-state index in [1.807, 2.05) is 36.0 Å². The van der Waals surface area contributed by atoms with Crippen LogP contribution in [0.3, 0.4) is 0 Å². The fourth-order valence-corrected chi connectivity index (χ4v) is 4.66. The third kappa shape index (κ3) is 14.5. The minimum atomic E-state index is -0.765. The zero-order valence-electron chi connectivity index (χ0n) is 17.8. The zero-order chi connectivity index (χ0) is 21.2. The highest BCUT2D eigenvalue weighted by Gasteiger charge is 2.07. The maximum Gasteiger partial charge on any atom is 0.303 e. The molecule has 0 aliphatic carbocycles. The van der Waals surface area contributed by atoms with Crippen molar-refractivity contribution in [2.45, 2.75) is 82.4 Å². The van der Waals surface area contributed by atoms with Crippen molar-refractivity contribution in [3.05, 3.63) is 24.3 Å². The molecular formula is C23H37NO3S2. The van der Waals surface area contributed by atoms with Crippen LogP contribution in [0.25, 0.3) is 0 Å². The Labute approximate surface area is 185 Å². The number of amides is 1. The minimum absolute atomic E-state index is 0.0667. The summed E-state index contributed by atoms with van der Waals surface area (Å²) >= 11 is 3.63. The van der Waals surface area contributed by atoms with E-state index < -0.39 is 5.97 Å². The van der Waals surface area contributed by atoms with Crippen LogP contribution in [0.5, 0.6) is 0 Å². The summed E-state index contributed by atoms with van der Waals surface area (Å²) in [5.41, 5.74) is 0.832. The second-order valence-electron chi connectivity index (χ2n) is 7.17. The predicted molar refractivity (Wildman–Crippen MR) is 127 cm³/mol. The van der Waals surface area contributed by atoms with E-state index in [2.05, 4.69) is 12.2 Å². The number of aliphatic carboxylic acids is 1. The molecule has 1 amide bonds. The van der Waals surface area contributed by atoms with Crippen LogP contribution in [0.15, 0.2) is 29.2 Å². The van der Waals surface area contributed by atoms with E-state index in [-0.39, 0.29) is 12.3 Å². The second kappa shape index (κ2) is 17.7. The number of carbonyl (C=O) groups is 2. The van der Waals surface area contributed by atoms with Gasteiger partial charge in [0.25, 0.3) is 0 Å². The highest BCUT2D eigenvalue weighted by Crippen LogP contribution is 2.28. The number of carboxylic acids is 1. The molecule has 29 heavy (non-hydrogen) atoms. The van der Waals surface area contributed by atoms with Crippen molar-refractivity contribution in [1.82, 2.24) is 0 Å². The monoisotopic (exact) mass is 439 g/mol. The van der Waals surface area contributed by atoms with Crippen molar-refractivity contribution in [2.75, 3.05) is 22.6 Å². The fourth-order valence-electron chi connectivity index (χ4n) is 3.01. The van der Waals surface area contributed by atoms with Gasteiger partial charge < -0.3 is 10.4 Å². The van der Waals surface area contributed by atoms with E-state index in [0.717, 1.165) is 29.2 Å². The molecule has 0 aliphatic heterocycles. The normalized spacial score (nSPS) is 10.8. The molecule has 2 N–H and O–H groups in total. The smallest absolute Gasteiger partial charge is 0.303 e. The average Bonchev–Trinajstić information content (AvgIpc) is 2.70. The quantitative estimate of drug-likeness (QED) is 0.193. The Balaban J connectivity index is 2.12. The van der Waals surface area contributed by atoms with Crippen LogP contribution in [0.4, 0.5) is 5.69 Å². The number of carboxylic acid groups (broad SMARTS) is 1. The summed E-state index contributed by atoms with van der Waals surface area (Å²) in [5.74, 6) is 2.56. The van der Waals surface area contributed by atoms with Crippen LogP contribution < -0.4 is 5.32 Å². The Morgan fingerprint density at radius 2 is 1.52 bits per heavy atom. The molecule has 0 saturated carbocycles. The lowest BCUT2D eigenvalue weighted by Crippen LogP contribution is -2.11. The van der Waals surface area contributed by atoms with Gasteiger partial charge in [0.2, 0.25) is 5.91 Å². The van der Waals surface area contributed by atoms with E-state index >= 15 is 0 Å². The van der Waals surface area contributed by atoms with Crippen molar-refractivity contribution >= 4 is 41.1 Å². The number of thioether (sulfide) groups is 2. The molecule has 6 heteroatoms. The maximum absolute atomic E-state index is 12.2. The Hall–Kier alpha value is -1.14. The standard InChI is InChI=1S/C23H37NO3S2/c1-2-28-18-12-8-6-4-3-5-7-9-16-22(25)24-20-14-10-11-15-21(20)29-19-13-17-23(26)27/h10-11,14-15H,2-9,12-13,16-19H2,1H3,(H,24,25)(H,26,27). The van der Waals surface area contributed by atoms with Crippen molar-refractivity contribution in [2.24, 2.45) is 0 Å². The summed E-state index contributed by atoms with van der Waals surface area (Å²) in [6.45, 7) is 2.22. The Morgan fingerprint density at radius 3 is 2.21 bits per heavy atom. The lowest BCUT2D eigenvalue weighted by Gasteiger charge is -2.10. The molecule has 1 aromatic rings. The van der Waals surface area contributed by atoms with Gasteiger partial charge in [0.15, 0.2) is 0 Å². The molecule has 1 rings (SSSR count). The maximum atomic E-state index is 12.2. The highest BCUT2D eigenvalue weighted by molar-refractivity contribution is 7.99. The van der Waals surface area contributed by atoms with Crippen molar-refractivity contribution in [3.63, 3.8) is 0 Å². The Bertz CT molecular complexity index is 581. The van der Waals surface area contributed by atoms with Crippen LogP contribution in [0.1, 0.15) is 77.6 Å². The van der Waals surface area contributed by atoms with E-state index in [1.165, 1.54) is 50.0 Å². The highest BCUT2D eigenvalue weighted by atomic mass is 32.2. The first-order chi connectivity index (χ1) is 14.1. The molecule has 0 aromatic heterocycles. The minimum Gasteiger partial charge on any atom is -0.481 e. The van der Waals surface area contributed by atoms with Gasteiger partial charge in [-0.3, -0.25) is 9.59 Å². The van der Waals surface area contributed by atoms with Crippen molar-refractivity contribution in [1.29, 1.82) is 0 Å². The molecule has 0 unspecified atom stereocenters. The van der Waals surface area contributed by atoms with Crippen LogP contribution >= 0.6 is 23.5 Å². The van der Waals surface area contributed by atoms with Crippen molar-refractivity contribution in [3.8, 4) is 0 Å². The fraction of sp³-hybridized carbons (Fsp3) is 0.652. The Kier molecular flexibility index (Phi) is 15.8. The molecule has 164 valence electrons. The van der Waals surface area contributed by atoms with Gasteiger partial charge in [0, 0.05) is 17.7 Å². The van der Waals surface area contributed by atoms with Gasteiger partial charge in [-0.05, 0) is 48.7 Å². The largest absolute Gasteiger partial charge is 0.481 e. The van der Waals surface area contributed by atoms with Gasteiger partial charge >= 0.3 is 5.97 Å². The van der Waals surface area contributed by atoms with Gasteiger partial charge in [-0.1, -0.05) is 57.6 Å². The summed E-state index contributed by atoms with van der Waals surface area (Å²) < 4.78 is 0. The number of anilines is 1. The van der Waals surface area contributed by atoms with Gasteiger partial charge in [-0.15, -0.1) is 11.8 Å². The van der Waals surface area contributed by atoms with Crippen molar-refractivity contribution < 1.29 is 14.7 Å². The second-order valence-corrected chi connectivity index (χ2v) is 9.70. The predicted octanol–water partition coefficient (Wildman–Crippen LogP) is 6.85. The number of rotatable bonds is 18. The van der Waals surface area contributed by atoms with E-state index in [0.29, 0.717) is 12.8 Å². The van der Waals surface area contributed by atoms with Crippen LogP contribution in [0.2, 0.25) is 0 Å². The summed E-state index contributed by atoms with van der Waals surface area (Å²) in [4.78, 5) is 23.9. The van der Waals surface area contributed by atoms with Crippen LogP contribution in [-0.2, 0) is 9.59 Å². The number of benzene rings is 1.